The number of methoxy groups -OCH3 is 2. The van der Waals surface area contributed by atoms with Gasteiger partial charge in [-0.3, -0.25) is 0 Å². The number of nitrogens with zero attached hydrogens (tertiary/aromatic N) is 1. The number of carbonyl (C=O) groups excluding carboxylic acids is 1. The maximum absolute atomic E-state index is 13.1. The first-order valence-corrected chi connectivity index (χ1v) is 9.93. The Labute approximate surface area is 196 Å². The first-order valence-electron chi connectivity index (χ1n) is 9.93. The predicted molar refractivity (Wildman–Crippen MR) is 113 cm³/mol. The van der Waals surface area contributed by atoms with Gasteiger partial charge in [-0.1, -0.05) is 29.4 Å². The van der Waals surface area contributed by atoms with Gasteiger partial charge >= 0.3 is 18.3 Å². The maximum Gasteiger partial charge on any atom is 0.416 e. The Morgan fingerprint density at radius 2 is 1.60 bits per heavy atom. The summed E-state index contributed by atoms with van der Waals surface area (Å²) >= 11 is 0. The zero-order chi connectivity index (χ0) is 26.2. The van der Waals surface area contributed by atoms with Gasteiger partial charge in [0.2, 0.25) is 0 Å². The summed E-state index contributed by atoms with van der Waals surface area (Å²) in [7, 11) is 2.48. The molecule has 2 rings (SSSR count). The molecule has 1 unspecified atom stereocenters. The predicted octanol–water partition coefficient (Wildman–Crippen LogP) is 5.97. The second kappa shape index (κ2) is 11.7. The molecule has 0 aliphatic heterocycles. The Morgan fingerprint density at radius 3 is 2.11 bits per heavy atom. The summed E-state index contributed by atoms with van der Waals surface area (Å²) in [4.78, 5) is 17.5. The Bertz CT molecular complexity index is 1050. The lowest BCUT2D eigenvalue weighted by molar-refractivity contribution is -0.144. The average Bonchev–Trinajstić information content (AvgIpc) is 2.80. The van der Waals surface area contributed by atoms with Gasteiger partial charge in [0.05, 0.1) is 37.8 Å². The second-order valence-corrected chi connectivity index (χ2v) is 6.81. The molecule has 0 radical (unpaired) electrons. The number of hydrogen-bond acceptors (Lipinski definition) is 6. The van der Waals surface area contributed by atoms with Crippen molar-refractivity contribution in [2.75, 3.05) is 20.8 Å². The van der Waals surface area contributed by atoms with Gasteiger partial charge in [0.25, 0.3) is 6.29 Å². The molecule has 190 valence electrons. The summed E-state index contributed by atoms with van der Waals surface area (Å²) < 4.78 is 93.6. The number of benzene rings is 2. The topological polar surface area (TPSA) is 66.3 Å². The van der Waals surface area contributed by atoms with Crippen LogP contribution in [-0.4, -0.2) is 33.0 Å². The van der Waals surface area contributed by atoms with Crippen molar-refractivity contribution in [2.45, 2.75) is 25.6 Å². The Hall–Kier alpha value is -3.54. The van der Waals surface area contributed by atoms with Crippen molar-refractivity contribution in [3.8, 4) is 0 Å². The maximum atomic E-state index is 13.1. The minimum Gasteiger partial charge on any atom is -0.503 e. The molecule has 0 bridgehead atoms. The highest BCUT2D eigenvalue weighted by Gasteiger charge is 2.36. The van der Waals surface area contributed by atoms with Gasteiger partial charge in [-0.05, 0) is 30.7 Å². The Balaban J connectivity index is 2.44. The largest absolute Gasteiger partial charge is 0.503 e. The van der Waals surface area contributed by atoms with E-state index in [-0.39, 0.29) is 29.4 Å². The van der Waals surface area contributed by atoms with E-state index in [1.54, 1.807) is 25.1 Å². The van der Waals surface area contributed by atoms with E-state index in [4.69, 9.17) is 19.0 Å². The van der Waals surface area contributed by atoms with Crippen LogP contribution in [0.4, 0.5) is 26.3 Å². The third-order valence-electron chi connectivity index (χ3n) is 4.43. The summed E-state index contributed by atoms with van der Waals surface area (Å²) in [5.74, 6) is -0.735. The van der Waals surface area contributed by atoms with Crippen molar-refractivity contribution in [3.05, 3.63) is 76.5 Å². The second-order valence-electron chi connectivity index (χ2n) is 6.81. The van der Waals surface area contributed by atoms with Crippen LogP contribution in [0.2, 0.25) is 0 Å². The molecule has 0 fully saturated rings. The fraction of sp³-hybridized carbons (Fsp3) is 0.304. The van der Waals surface area contributed by atoms with E-state index in [0.717, 1.165) is 6.26 Å². The molecule has 0 saturated heterocycles. The highest BCUT2D eigenvalue weighted by atomic mass is 19.4. The van der Waals surface area contributed by atoms with Gasteiger partial charge in [0, 0.05) is 17.7 Å². The van der Waals surface area contributed by atoms with Crippen LogP contribution < -0.4 is 0 Å². The molecule has 6 nitrogen and oxygen atoms in total. The lowest BCUT2D eigenvalue weighted by Crippen LogP contribution is -2.13. The molecular formula is C23H21F6NO5. The van der Waals surface area contributed by atoms with Crippen molar-refractivity contribution < 1.29 is 50.2 Å². The van der Waals surface area contributed by atoms with Crippen molar-refractivity contribution >= 4 is 17.8 Å². The quantitative estimate of drug-likeness (QED) is 0.0799. The zero-order valence-corrected chi connectivity index (χ0v) is 18.7. The van der Waals surface area contributed by atoms with Crippen molar-refractivity contribution in [1.82, 2.24) is 0 Å². The number of hydrogen-bond donors (Lipinski definition) is 0. The van der Waals surface area contributed by atoms with Crippen molar-refractivity contribution in [1.29, 1.82) is 0 Å². The van der Waals surface area contributed by atoms with Crippen LogP contribution in [0.1, 0.15) is 41.0 Å². The standard InChI is InChI=1S/C23H21F6NO5/c1-4-34-21(18-8-6-5-7-17(18)19(13-32-2)20(31)33-3)35-30-12-14-9-15(22(24,25)26)11-16(10-14)23(27,28)29/h5-13,21H,4H2,1-3H3. The van der Waals surface area contributed by atoms with E-state index in [2.05, 4.69) is 5.16 Å². The van der Waals surface area contributed by atoms with Gasteiger partial charge in [-0.2, -0.15) is 26.3 Å². The number of oxime groups is 1. The van der Waals surface area contributed by atoms with Crippen LogP contribution in [0.25, 0.3) is 5.57 Å². The molecule has 0 aromatic heterocycles. The molecule has 0 saturated carbocycles. The highest BCUT2D eigenvalue weighted by Crippen LogP contribution is 2.36. The molecular weight excluding hydrogens is 484 g/mol. The minimum atomic E-state index is -5.00. The fourth-order valence-electron chi connectivity index (χ4n) is 2.93. The zero-order valence-electron chi connectivity index (χ0n) is 18.7. The molecule has 35 heavy (non-hydrogen) atoms. The summed E-state index contributed by atoms with van der Waals surface area (Å²) in [6, 6.07) is 7.29. The SMILES string of the molecule is CCOC(ON=Cc1cc(C(F)(F)F)cc(C(F)(F)F)c1)c1ccccc1C(=COC)C(=O)OC. The molecule has 0 aliphatic rings. The lowest BCUT2D eigenvalue weighted by atomic mass is 10.00. The van der Waals surface area contributed by atoms with Crippen LogP contribution in [-0.2, 0) is 36.2 Å². The van der Waals surface area contributed by atoms with E-state index in [1.807, 2.05) is 0 Å². The van der Waals surface area contributed by atoms with Gasteiger partial charge in [-0.25, -0.2) is 4.79 Å². The molecule has 0 aliphatic carbocycles. The van der Waals surface area contributed by atoms with Crippen LogP contribution in [0.5, 0.6) is 0 Å². The van der Waals surface area contributed by atoms with Crippen molar-refractivity contribution in [2.24, 2.45) is 5.16 Å². The normalized spacial score (nSPS) is 13.6. The van der Waals surface area contributed by atoms with E-state index in [1.165, 1.54) is 20.3 Å². The lowest BCUT2D eigenvalue weighted by Gasteiger charge is -2.19. The van der Waals surface area contributed by atoms with Gasteiger partial charge in [-0.15, -0.1) is 0 Å². The van der Waals surface area contributed by atoms with E-state index < -0.39 is 41.3 Å². The number of esters is 1. The molecule has 0 N–H and O–H groups in total. The Kier molecular flexibility index (Phi) is 9.29. The summed E-state index contributed by atoms with van der Waals surface area (Å²) in [6.45, 7) is 1.72. The van der Waals surface area contributed by atoms with E-state index in [9.17, 15) is 31.1 Å². The fourth-order valence-corrected chi connectivity index (χ4v) is 2.93. The third kappa shape index (κ3) is 7.47. The molecule has 0 amide bonds. The number of rotatable bonds is 9. The average molecular weight is 505 g/mol. The molecule has 2 aromatic rings. The van der Waals surface area contributed by atoms with Gasteiger partial charge < -0.3 is 19.0 Å². The first kappa shape index (κ1) is 27.7. The van der Waals surface area contributed by atoms with Gasteiger partial charge in [0.1, 0.15) is 5.57 Å². The molecule has 12 heteroatoms. The van der Waals surface area contributed by atoms with Crippen LogP contribution in [0.3, 0.4) is 0 Å². The number of ether oxygens (including phenoxy) is 3. The van der Waals surface area contributed by atoms with Crippen LogP contribution >= 0.6 is 0 Å². The summed E-state index contributed by atoms with van der Waals surface area (Å²) in [5.41, 5.74) is -2.91. The smallest absolute Gasteiger partial charge is 0.416 e. The monoisotopic (exact) mass is 505 g/mol. The molecule has 2 aromatic carbocycles. The van der Waals surface area contributed by atoms with Gasteiger partial charge in [0.15, 0.2) is 0 Å². The van der Waals surface area contributed by atoms with Crippen LogP contribution in [0.15, 0.2) is 53.9 Å². The highest BCUT2D eigenvalue weighted by molar-refractivity contribution is 6.16. The molecule has 1 atom stereocenters. The number of carbonyl (C=O) groups is 1. The number of halogens is 6. The third-order valence-corrected chi connectivity index (χ3v) is 4.43. The summed E-state index contributed by atoms with van der Waals surface area (Å²) in [5, 5.41) is 3.54. The Morgan fingerprint density at radius 1 is 1.00 bits per heavy atom. The van der Waals surface area contributed by atoms with E-state index >= 15 is 0 Å². The summed E-state index contributed by atoms with van der Waals surface area (Å²) in [6.07, 6.45) is -9.45. The molecule has 0 spiro atoms. The van der Waals surface area contributed by atoms with Crippen LogP contribution in [0, 0.1) is 0 Å². The number of alkyl halides is 6. The molecule has 0 heterocycles. The van der Waals surface area contributed by atoms with E-state index in [0.29, 0.717) is 18.3 Å². The first-order chi connectivity index (χ1) is 16.4. The van der Waals surface area contributed by atoms with Crippen molar-refractivity contribution in [3.63, 3.8) is 0 Å². The minimum absolute atomic E-state index is 0.00786.